The Morgan fingerprint density at radius 1 is 1.24 bits per heavy atom. The van der Waals surface area contributed by atoms with Gasteiger partial charge in [0, 0.05) is 13.1 Å². The Kier molecular flexibility index (Phi) is 4.40. The van der Waals surface area contributed by atoms with E-state index in [1.54, 1.807) is 4.90 Å². The van der Waals surface area contributed by atoms with Crippen LogP contribution in [0.4, 0.5) is 4.79 Å². The van der Waals surface area contributed by atoms with Gasteiger partial charge in [0.25, 0.3) is 0 Å². The van der Waals surface area contributed by atoms with Crippen LogP contribution >= 0.6 is 0 Å². The number of carbonyl (C=O) groups excluding carboxylic acids is 1. The van der Waals surface area contributed by atoms with Crippen LogP contribution in [0.5, 0.6) is 0 Å². The van der Waals surface area contributed by atoms with Crippen molar-refractivity contribution in [1.82, 2.24) is 4.90 Å². The summed E-state index contributed by atoms with van der Waals surface area (Å²) in [6.45, 7) is 11.3. The SMILES string of the molecule is Cc1ccc(C2=CCN(C(=O)OC(C)(C)C)CC2)c(C)c1. The van der Waals surface area contributed by atoms with Crippen LogP contribution in [0.3, 0.4) is 0 Å². The van der Waals surface area contributed by atoms with Crippen molar-refractivity contribution in [3.05, 3.63) is 41.0 Å². The van der Waals surface area contributed by atoms with Crippen molar-refractivity contribution < 1.29 is 9.53 Å². The molecule has 1 aromatic carbocycles. The van der Waals surface area contributed by atoms with Crippen molar-refractivity contribution in [2.24, 2.45) is 0 Å². The lowest BCUT2D eigenvalue weighted by atomic mass is 9.94. The van der Waals surface area contributed by atoms with Gasteiger partial charge in [0.05, 0.1) is 0 Å². The molecule has 2 rings (SSSR count). The Morgan fingerprint density at radius 2 is 1.95 bits per heavy atom. The van der Waals surface area contributed by atoms with Crippen molar-refractivity contribution in [3.63, 3.8) is 0 Å². The molecule has 0 saturated heterocycles. The van der Waals surface area contributed by atoms with Gasteiger partial charge >= 0.3 is 6.09 Å². The number of benzene rings is 1. The Labute approximate surface area is 127 Å². The molecule has 1 amide bonds. The number of rotatable bonds is 1. The maximum atomic E-state index is 12.0. The molecule has 0 spiro atoms. The Hall–Kier alpha value is -1.77. The second-order valence-corrected chi connectivity index (χ2v) is 6.72. The van der Waals surface area contributed by atoms with Crippen molar-refractivity contribution in [3.8, 4) is 0 Å². The van der Waals surface area contributed by atoms with E-state index in [-0.39, 0.29) is 6.09 Å². The number of nitrogens with zero attached hydrogens (tertiary/aromatic N) is 1. The van der Waals surface area contributed by atoms with Crippen LogP contribution in [0.2, 0.25) is 0 Å². The highest BCUT2D eigenvalue weighted by molar-refractivity contribution is 5.73. The van der Waals surface area contributed by atoms with Crippen molar-refractivity contribution >= 4 is 11.7 Å². The summed E-state index contributed by atoms with van der Waals surface area (Å²) >= 11 is 0. The van der Waals surface area contributed by atoms with Crippen molar-refractivity contribution in [2.75, 3.05) is 13.1 Å². The molecule has 1 aromatic rings. The number of hydrogen-bond donors (Lipinski definition) is 0. The van der Waals surface area contributed by atoms with E-state index in [1.807, 2.05) is 20.8 Å². The van der Waals surface area contributed by atoms with Crippen LogP contribution in [-0.2, 0) is 4.74 Å². The smallest absolute Gasteiger partial charge is 0.410 e. The summed E-state index contributed by atoms with van der Waals surface area (Å²) in [4.78, 5) is 13.8. The van der Waals surface area contributed by atoms with E-state index in [9.17, 15) is 4.79 Å². The minimum absolute atomic E-state index is 0.224. The van der Waals surface area contributed by atoms with Gasteiger partial charge in [-0.2, -0.15) is 0 Å². The van der Waals surface area contributed by atoms with Gasteiger partial charge < -0.3 is 9.64 Å². The second kappa shape index (κ2) is 5.92. The molecule has 0 N–H and O–H groups in total. The summed E-state index contributed by atoms with van der Waals surface area (Å²) < 4.78 is 5.42. The summed E-state index contributed by atoms with van der Waals surface area (Å²) in [5.74, 6) is 0. The highest BCUT2D eigenvalue weighted by atomic mass is 16.6. The first-order valence-electron chi connectivity index (χ1n) is 7.51. The van der Waals surface area contributed by atoms with E-state index in [0.29, 0.717) is 13.1 Å². The molecule has 1 aliphatic rings. The molecule has 1 heterocycles. The monoisotopic (exact) mass is 287 g/mol. The standard InChI is InChI=1S/C18H25NO2/c1-13-6-7-16(14(2)12-13)15-8-10-19(11-9-15)17(20)21-18(3,4)5/h6-8,12H,9-11H2,1-5H3. The van der Waals surface area contributed by atoms with Crippen molar-refractivity contribution in [1.29, 1.82) is 0 Å². The Bertz CT molecular complexity index is 567. The molecular formula is C18H25NO2. The Balaban J connectivity index is 2.07. The summed E-state index contributed by atoms with van der Waals surface area (Å²) in [5.41, 5.74) is 4.76. The number of aryl methyl sites for hydroxylation is 2. The largest absolute Gasteiger partial charge is 0.444 e. The van der Waals surface area contributed by atoms with E-state index < -0.39 is 5.60 Å². The zero-order chi connectivity index (χ0) is 15.6. The number of ether oxygens (including phenoxy) is 1. The highest BCUT2D eigenvalue weighted by Crippen LogP contribution is 2.26. The number of carbonyl (C=O) groups is 1. The molecule has 3 heteroatoms. The number of amides is 1. The van der Waals surface area contributed by atoms with Gasteiger partial charge in [-0.1, -0.05) is 29.8 Å². The average molecular weight is 287 g/mol. The minimum Gasteiger partial charge on any atom is -0.444 e. The molecule has 0 radical (unpaired) electrons. The third-order valence-electron chi connectivity index (χ3n) is 3.59. The summed E-state index contributed by atoms with van der Waals surface area (Å²) in [6, 6.07) is 6.53. The predicted molar refractivity (Wildman–Crippen MR) is 86.3 cm³/mol. The molecule has 0 aromatic heterocycles. The van der Waals surface area contributed by atoms with Gasteiger partial charge in [0.1, 0.15) is 5.60 Å². The van der Waals surface area contributed by atoms with Gasteiger partial charge in [0.15, 0.2) is 0 Å². The topological polar surface area (TPSA) is 29.5 Å². The van der Waals surface area contributed by atoms with E-state index in [1.165, 1.54) is 22.3 Å². The quantitative estimate of drug-likeness (QED) is 0.769. The Morgan fingerprint density at radius 3 is 2.48 bits per heavy atom. The minimum atomic E-state index is -0.436. The first kappa shape index (κ1) is 15.6. The molecule has 0 unspecified atom stereocenters. The molecule has 3 nitrogen and oxygen atoms in total. The third-order valence-corrected chi connectivity index (χ3v) is 3.59. The molecule has 1 aliphatic heterocycles. The lowest BCUT2D eigenvalue weighted by molar-refractivity contribution is 0.0270. The average Bonchev–Trinajstić information content (AvgIpc) is 2.37. The van der Waals surface area contributed by atoms with Crippen LogP contribution < -0.4 is 0 Å². The van der Waals surface area contributed by atoms with E-state index >= 15 is 0 Å². The summed E-state index contributed by atoms with van der Waals surface area (Å²) in [6.07, 6.45) is 2.80. The zero-order valence-electron chi connectivity index (χ0n) is 13.7. The molecule has 0 atom stereocenters. The van der Waals surface area contributed by atoms with Gasteiger partial charge in [-0.3, -0.25) is 0 Å². The molecule has 114 valence electrons. The van der Waals surface area contributed by atoms with Gasteiger partial charge in [-0.05, 0) is 57.7 Å². The predicted octanol–water partition coefficient (Wildman–Crippen LogP) is 4.33. The van der Waals surface area contributed by atoms with Crippen LogP contribution in [0.1, 0.15) is 43.9 Å². The van der Waals surface area contributed by atoms with Crippen LogP contribution in [0.25, 0.3) is 5.57 Å². The highest BCUT2D eigenvalue weighted by Gasteiger charge is 2.24. The summed E-state index contributed by atoms with van der Waals surface area (Å²) in [7, 11) is 0. The van der Waals surface area contributed by atoms with Crippen LogP contribution in [-0.4, -0.2) is 29.7 Å². The molecule has 21 heavy (non-hydrogen) atoms. The maximum absolute atomic E-state index is 12.0. The number of hydrogen-bond acceptors (Lipinski definition) is 2. The van der Waals surface area contributed by atoms with Crippen molar-refractivity contribution in [2.45, 2.75) is 46.6 Å². The fourth-order valence-electron chi connectivity index (χ4n) is 2.58. The van der Waals surface area contributed by atoms with Gasteiger partial charge in [-0.25, -0.2) is 4.79 Å². The van der Waals surface area contributed by atoms with Crippen LogP contribution in [0, 0.1) is 13.8 Å². The zero-order valence-corrected chi connectivity index (χ0v) is 13.7. The van der Waals surface area contributed by atoms with Crippen LogP contribution in [0.15, 0.2) is 24.3 Å². The molecule has 0 saturated carbocycles. The lowest BCUT2D eigenvalue weighted by Crippen LogP contribution is -2.39. The fraction of sp³-hybridized carbons (Fsp3) is 0.500. The van der Waals surface area contributed by atoms with E-state index in [4.69, 9.17) is 4.74 Å². The molecule has 0 bridgehead atoms. The second-order valence-electron chi connectivity index (χ2n) is 6.72. The molecular weight excluding hydrogens is 262 g/mol. The fourth-order valence-corrected chi connectivity index (χ4v) is 2.58. The van der Waals surface area contributed by atoms with E-state index in [2.05, 4.69) is 38.1 Å². The normalized spacial score (nSPS) is 15.7. The molecule has 0 aliphatic carbocycles. The first-order chi connectivity index (χ1) is 9.76. The van der Waals surface area contributed by atoms with E-state index in [0.717, 1.165) is 6.42 Å². The molecule has 0 fully saturated rings. The maximum Gasteiger partial charge on any atom is 0.410 e. The first-order valence-corrected chi connectivity index (χ1v) is 7.51. The van der Waals surface area contributed by atoms with Gasteiger partial charge in [0.2, 0.25) is 0 Å². The lowest BCUT2D eigenvalue weighted by Gasteiger charge is -2.30. The summed E-state index contributed by atoms with van der Waals surface area (Å²) in [5, 5.41) is 0. The van der Waals surface area contributed by atoms with Gasteiger partial charge in [-0.15, -0.1) is 0 Å². The third kappa shape index (κ3) is 4.10.